The Morgan fingerprint density at radius 2 is 0.730 bits per heavy atom. The lowest BCUT2D eigenvalue weighted by Crippen LogP contribution is -2.60. The van der Waals surface area contributed by atoms with Gasteiger partial charge in [0, 0.05) is 86.7 Å². The second-order valence-corrected chi connectivity index (χ2v) is 33.6. The van der Waals surface area contributed by atoms with Crippen LogP contribution >= 0.6 is 12.4 Å². The van der Waals surface area contributed by atoms with Gasteiger partial charge < -0.3 is 53.1 Å². The predicted octanol–water partition coefficient (Wildman–Crippen LogP) is 11.6. The van der Waals surface area contributed by atoms with E-state index in [9.17, 15) is 0 Å². The Balaban J connectivity index is 0.00000520. The van der Waals surface area contributed by atoms with E-state index in [2.05, 4.69) is 4.90 Å². The van der Waals surface area contributed by atoms with Gasteiger partial charge >= 0.3 is 11.9 Å². The first kappa shape index (κ1) is 50.6. The van der Waals surface area contributed by atoms with Crippen LogP contribution < -0.4 is 11.0 Å². The van der Waals surface area contributed by atoms with Crippen LogP contribution in [0, 0.1) is 5.41 Å². The van der Waals surface area contributed by atoms with E-state index < -0.39 is 28.2 Å². The molecule has 16 aliphatic carbocycles. The van der Waals surface area contributed by atoms with Crippen LogP contribution in [0.1, 0.15) is 113 Å². The molecule has 15 heteroatoms. The first-order valence-electron chi connectivity index (χ1n) is 37.0. The van der Waals surface area contributed by atoms with Crippen molar-refractivity contribution in [1.29, 1.82) is 0 Å². The fourth-order valence-electron chi connectivity index (χ4n) is 32.0. The van der Waals surface area contributed by atoms with Gasteiger partial charge in [-0.3, -0.25) is 14.5 Å². The number of halogens is 1. The topological polar surface area (TPSA) is 156 Å². The van der Waals surface area contributed by atoms with Gasteiger partial charge in [0.1, 0.15) is 13.2 Å². The summed E-state index contributed by atoms with van der Waals surface area (Å²) in [5, 5.41) is 49.4. The Bertz CT molecular complexity index is 7280. The average molecular weight is 1330 g/mol. The number of esters is 2. The van der Waals surface area contributed by atoms with Crippen LogP contribution in [0.4, 0.5) is 0 Å². The number of likely N-dealkylation sites (tertiary alicyclic amines) is 1. The maximum atomic E-state index is 17.7. The summed E-state index contributed by atoms with van der Waals surface area (Å²) in [6.45, 7) is 9.44. The van der Waals surface area contributed by atoms with Gasteiger partial charge in [0.15, 0.2) is 5.41 Å². The molecule has 2 fully saturated rings. The fraction of sp³-hybridized carbons (Fsp3) is 0.388. The Kier molecular flexibility index (Phi) is 7.17. The molecule has 34 rings (SSSR count). The number of methoxy groups -OCH3 is 2. The van der Waals surface area contributed by atoms with Crippen LogP contribution in [0.15, 0.2) is 0 Å². The summed E-state index contributed by atoms with van der Waals surface area (Å²) in [5.41, 5.74) is 27.8. The molecule has 17 aromatic rings. The zero-order chi connectivity index (χ0) is 62.8. The van der Waals surface area contributed by atoms with Crippen LogP contribution in [0.2, 0.25) is 0 Å². The highest BCUT2D eigenvalue weighted by Gasteiger charge is 3.03. The first-order valence-corrected chi connectivity index (χ1v) is 37.0. The minimum Gasteiger partial charge on any atom is -0.462 e. The second-order valence-electron chi connectivity index (χ2n) is 33.6. The lowest BCUT2D eigenvalue weighted by Gasteiger charge is -2.60. The third-order valence-electron chi connectivity index (χ3n) is 32.4. The largest absolute Gasteiger partial charge is 0.462 e. The molecule has 14 nitrogen and oxygen atoms in total. The van der Waals surface area contributed by atoms with Crippen LogP contribution in [-0.2, 0) is 78.6 Å². The van der Waals surface area contributed by atoms with Crippen LogP contribution in [0.5, 0.6) is 0 Å². The van der Waals surface area contributed by atoms with Gasteiger partial charge in [-0.1, -0.05) is 0 Å². The Labute approximate surface area is 569 Å². The highest BCUT2D eigenvalue weighted by Crippen LogP contribution is 3.00. The van der Waals surface area contributed by atoms with E-state index in [4.69, 9.17) is 53.1 Å². The van der Waals surface area contributed by atoms with Gasteiger partial charge in [0.05, 0.1) is 103 Å². The van der Waals surface area contributed by atoms with Gasteiger partial charge in [-0.2, -0.15) is 0 Å². The maximum absolute atomic E-state index is 17.7. The second kappa shape index (κ2) is 14.2. The lowest BCUT2D eigenvalue weighted by molar-refractivity contribution is -0.168. The molecule has 484 valence electrons. The standard InChI is InChI=1S/C85H54N2O12.ClH/c1-90-7-9-94-13-15-96-17-19-98-79(88)85(80(89)99-20-18-97-16-14-95-10-8-91-2)83-75-63-44-28-26-24-23-25-27-29-36-47-34(25)46(33(24)44)65(75)66(47)76-67-48(36)37-40(29)56-55-39(27)31(23)41-32(26)42-35-30(28)45-38-43(35)59-61-51-50(38)68(77(83)64(45)63)70-54(51)52-53(69(67)78(70)84(76,83)85)49(37)60-62(52)74(61)82-22-87(4-6-93-12-11-92-5-3-86)21-81(82,73(56)60)71(55)57(41)58(42)72(59)82;/h48,57,62,67,71,74H,3-22,86H2,1-2H3;1H. The van der Waals surface area contributed by atoms with E-state index in [0.717, 1.165) is 19.6 Å². The van der Waals surface area contributed by atoms with E-state index in [1.54, 1.807) is 140 Å². The molecule has 1 saturated carbocycles. The first-order chi connectivity index (χ1) is 49.1. The molecule has 17 aromatic carbocycles. The van der Waals surface area contributed by atoms with Crippen LogP contribution in [-0.4, -0.2) is 163 Å². The third kappa shape index (κ3) is 3.60. The minimum absolute atomic E-state index is 0. The molecule has 100 heavy (non-hydrogen) atoms. The highest BCUT2D eigenvalue weighted by atomic mass is 35.5. The van der Waals surface area contributed by atoms with Crippen molar-refractivity contribution in [3.8, 4) is 11.1 Å². The molecule has 0 aromatic heterocycles. The smallest absolute Gasteiger partial charge is 0.326 e. The summed E-state index contributed by atoms with van der Waals surface area (Å²) in [5.74, 6) is -0.0522. The van der Waals surface area contributed by atoms with E-state index in [1.165, 1.54) is 146 Å². The number of carbonyl (C=O) groups excluding carboxylic acids is 2. The van der Waals surface area contributed by atoms with Crippen molar-refractivity contribution in [2.24, 2.45) is 11.1 Å². The molecular weight excluding hydrogens is 1280 g/mol. The van der Waals surface area contributed by atoms with Gasteiger partial charge in [-0.05, 0) is 272 Å². The Morgan fingerprint density at radius 1 is 0.350 bits per heavy atom. The number of nitrogens with two attached hydrogens (primary N) is 1. The molecule has 0 bridgehead atoms. The number of carbonyl (C=O) groups is 2. The van der Waals surface area contributed by atoms with Crippen LogP contribution in [0.3, 0.4) is 0 Å². The molecule has 1 saturated heterocycles. The Morgan fingerprint density at radius 3 is 1.32 bits per heavy atom. The van der Waals surface area contributed by atoms with Gasteiger partial charge in [0.2, 0.25) is 0 Å². The van der Waals surface area contributed by atoms with Crippen molar-refractivity contribution in [2.75, 3.05) is 146 Å². The fourth-order valence-corrected chi connectivity index (χ4v) is 32.0. The number of benzene rings is 12. The summed E-state index contributed by atoms with van der Waals surface area (Å²) in [6.07, 6.45) is 0. The molecule has 0 amide bonds. The summed E-state index contributed by atoms with van der Waals surface area (Å²) in [6, 6.07) is 0. The zero-order valence-electron chi connectivity index (χ0n) is 54.4. The van der Waals surface area contributed by atoms with Crippen molar-refractivity contribution in [3.63, 3.8) is 0 Å². The van der Waals surface area contributed by atoms with Gasteiger partial charge in [0.25, 0.3) is 0 Å². The number of hydrogen-bond acceptors (Lipinski definition) is 14. The molecule has 10 atom stereocenters. The molecule has 17 aliphatic rings. The number of ether oxygens (including phenoxy) is 10. The number of hydrogen-bond donors (Lipinski definition) is 1. The van der Waals surface area contributed by atoms with E-state index in [1.807, 2.05) is 0 Å². The highest BCUT2D eigenvalue weighted by molar-refractivity contribution is 6.69. The normalized spacial score (nSPS) is 29.1. The van der Waals surface area contributed by atoms with Crippen molar-refractivity contribution in [1.82, 2.24) is 4.90 Å². The monoisotopic (exact) mass is 1330 g/mol. The predicted molar refractivity (Wildman–Crippen MR) is 381 cm³/mol. The molecule has 4 spiro atoms. The molecule has 10 unspecified atom stereocenters. The van der Waals surface area contributed by atoms with Crippen molar-refractivity contribution >= 4 is 202 Å². The average Bonchev–Trinajstić information content (AvgIpc) is 1.35. The maximum Gasteiger partial charge on any atom is 0.326 e. The molecule has 1 aliphatic heterocycles. The molecular formula is C85H55ClN2O12. The molecule has 2 N–H and O–H groups in total. The summed E-state index contributed by atoms with van der Waals surface area (Å²) >= 11 is 0. The zero-order valence-corrected chi connectivity index (χ0v) is 55.3. The summed E-state index contributed by atoms with van der Waals surface area (Å²) < 4.78 is 61.5. The number of rotatable bonds is 28. The van der Waals surface area contributed by atoms with Crippen molar-refractivity contribution < 1.29 is 57.0 Å². The lowest BCUT2D eigenvalue weighted by atomic mass is 9.40. The SMILES string of the molecule is COCCOCCOCCOC(=O)C1(C(=O)OCCOCCOCCOC)C23C4=c5c6c7c8c9c%10c%11c%12c%13c9c9c%14c%15c%16c%17c%18c%19c%20c%21c%22c%23c%24c(c-%11c(c2c%24c2c%11c%24c%25c(c5c5c6c(c8%14)c%15c6c%17c(c%25c56)c5c%18c%21c(c%232)c%245)C%1113)C4C%107)C%12C%22C%201CN(CCOCCOCCN)CC%131C9C%19%16.Cl. The molecule has 0 radical (unpaired) electrons. The minimum atomic E-state index is -1.85. The van der Waals surface area contributed by atoms with Crippen molar-refractivity contribution in [2.45, 2.75) is 57.2 Å². The summed E-state index contributed by atoms with van der Waals surface area (Å²) in [4.78, 5) is 38.4. The Hall–Kier alpha value is -7.67. The van der Waals surface area contributed by atoms with Crippen LogP contribution in [0.25, 0.3) is 189 Å². The van der Waals surface area contributed by atoms with Gasteiger partial charge in [-0.15, -0.1) is 12.4 Å². The molecule has 1 heterocycles. The van der Waals surface area contributed by atoms with E-state index in [-0.39, 0.29) is 79.3 Å². The quantitative estimate of drug-likeness (QED) is 0.0214. The number of nitrogens with zero attached hydrogens (tertiary/aromatic N) is 1. The van der Waals surface area contributed by atoms with Crippen molar-refractivity contribution in [3.05, 3.63) is 83.1 Å². The van der Waals surface area contributed by atoms with E-state index >= 15 is 9.59 Å². The van der Waals surface area contributed by atoms with E-state index in [0.29, 0.717) is 91.7 Å². The third-order valence-corrected chi connectivity index (χ3v) is 32.4. The summed E-state index contributed by atoms with van der Waals surface area (Å²) in [7, 11) is 3.35. The van der Waals surface area contributed by atoms with Gasteiger partial charge in [-0.25, -0.2) is 0 Å².